The number of nitrogens with one attached hydrogen (secondary N) is 1. The molecule has 0 radical (unpaired) electrons. The smallest absolute Gasteiger partial charge is 0.308 e. The zero-order chi connectivity index (χ0) is 18.0. The van der Waals surface area contributed by atoms with E-state index in [0.29, 0.717) is 16.3 Å². The van der Waals surface area contributed by atoms with Crippen LogP contribution in [0.2, 0.25) is 5.02 Å². The summed E-state index contributed by atoms with van der Waals surface area (Å²) >= 11 is 5.96. The molecule has 0 saturated carbocycles. The van der Waals surface area contributed by atoms with Gasteiger partial charge in [-0.25, -0.2) is 0 Å². The lowest BCUT2D eigenvalue weighted by molar-refractivity contribution is -0.155. The number of carbonyl (C=O) groups is 1. The number of carbonyl (C=O) groups excluding carboxylic acids is 1. The molecule has 0 heterocycles. The van der Waals surface area contributed by atoms with Gasteiger partial charge in [-0.2, -0.15) is 5.26 Å². The Labute approximate surface area is 143 Å². The van der Waals surface area contributed by atoms with Crippen LogP contribution in [0.3, 0.4) is 0 Å². The second-order valence-corrected chi connectivity index (χ2v) is 6.08. The molecule has 0 spiro atoms. The Kier molecular flexibility index (Phi) is 9.31. The summed E-state index contributed by atoms with van der Waals surface area (Å²) in [6, 6.07) is 6.71. The molecule has 0 aliphatic carbocycles. The number of nitrogens with two attached hydrogens (primary N) is 1. The fourth-order valence-electron chi connectivity index (χ4n) is 1.71. The highest BCUT2D eigenvalue weighted by Gasteiger charge is 2.20. The molecule has 1 atom stereocenters. The van der Waals surface area contributed by atoms with Crippen molar-refractivity contribution < 1.29 is 9.53 Å². The molecular formula is C17H26ClN3O2. The normalized spacial score (nSPS) is 11.6. The number of benzene rings is 1. The largest absolute Gasteiger partial charge is 0.460 e. The minimum atomic E-state index is -0.520. The van der Waals surface area contributed by atoms with Gasteiger partial charge in [-0.15, -0.1) is 0 Å². The van der Waals surface area contributed by atoms with Crippen LogP contribution in [-0.2, 0) is 9.53 Å². The Balaban J connectivity index is 0.00000232. The van der Waals surface area contributed by atoms with Crippen molar-refractivity contribution in [2.75, 3.05) is 11.9 Å². The van der Waals surface area contributed by atoms with E-state index in [9.17, 15) is 4.79 Å². The SMILES string of the molecule is CC.CC(C)(C)OC(=O)CC(CN)Nc1ccc(C#N)c(Cl)c1. The van der Waals surface area contributed by atoms with Gasteiger partial charge in [0.1, 0.15) is 11.7 Å². The zero-order valence-electron chi connectivity index (χ0n) is 14.4. The molecule has 1 aromatic rings. The number of nitriles is 1. The van der Waals surface area contributed by atoms with Crippen molar-refractivity contribution in [2.24, 2.45) is 5.73 Å². The number of halogens is 1. The molecule has 1 aromatic carbocycles. The van der Waals surface area contributed by atoms with E-state index in [2.05, 4.69) is 5.32 Å². The average Bonchev–Trinajstić information content (AvgIpc) is 2.47. The Hall–Kier alpha value is -1.77. The first-order valence-corrected chi connectivity index (χ1v) is 8.01. The summed E-state index contributed by atoms with van der Waals surface area (Å²) in [6.07, 6.45) is 0.158. The van der Waals surface area contributed by atoms with Crippen LogP contribution >= 0.6 is 11.6 Å². The van der Waals surface area contributed by atoms with E-state index < -0.39 is 5.60 Å². The number of nitrogens with zero attached hydrogens (tertiary/aromatic N) is 1. The standard InChI is InChI=1S/C15H20ClN3O2.C2H6/c1-15(2,3)21-14(20)7-12(9-18)19-11-5-4-10(8-17)13(16)6-11;1-2/h4-6,12,19H,7,9,18H2,1-3H3;1-2H3. The summed E-state index contributed by atoms with van der Waals surface area (Å²) in [5.41, 5.74) is 6.26. The lowest BCUT2D eigenvalue weighted by Gasteiger charge is -2.22. The maximum absolute atomic E-state index is 11.8. The van der Waals surface area contributed by atoms with Gasteiger partial charge in [-0.05, 0) is 39.0 Å². The van der Waals surface area contributed by atoms with E-state index in [1.54, 1.807) is 18.2 Å². The topological polar surface area (TPSA) is 88.1 Å². The number of hydrogen-bond donors (Lipinski definition) is 2. The van der Waals surface area contributed by atoms with Crippen LogP contribution < -0.4 is 11.1 Å². The van der Waals surface area contributed by atoms with E-state index >= 15 is 0 Å². The monoisotopic (exact) mass is 339 g/mol. The van der Waals surface area contributed by atoms with Gasteiger partial charge in [0.2, 0.25) is 0 Å². The molecule has 0 aliphatic heterocycles. The summed E-state index contributed by atoms with van der Waals surface area (Å²) in [7, 11) is 0. The molecule has 6 heteroatoms. The number of esters is 1. The molecule has 0 aromatic heterocycles. The van der Waals surface area contributed by atoms with E-state index in [1.165, 1.54) is 0 Å². The molecule has 5 nitrogen and oxygen atoms in total. The van der Waals surface area contributed by atoms with Crippen LogP contribution in [0, 0.1) is 11.3 Å². The van der Waals surface area contributed by atoms with Crippen molar-refractivity contribution in [2.45, 2.75) is 52.7 Å². The maximum atomic E-state index is 11.8. The van der Waals surface area contributed by atoms with Gasteiger partial charge in [0.15, 0.2) is 0 Å². The van der Waals surface area contributed by atoms with Gasteiger partial charge in [0.25, 0.3) is 0 Å². The molecule has 128 valence electrons. The lowest BCUT2D eigenvalue weighted by Crippen LogP contribution is -2.34. The van der Waals surface area contributed by atoms with Crippen LogP contribution in [-0.4, -0.2) is 24.2 Å². The summed E-state index contributed by atoms with van der Waals surface area (Å²) in [5.74, 6) is -0.315. The molecule has 1 unspecified atom stereocenters. The van der Waals surface area contributed by atoms with Gasteiger partial charge in [-0.1, -0.05) is 25.4 Å². The van der Waals surface area contributed by atoms with Crippen molar-refractivity contribution in [1.82, 2.24) is 0 Å². The van der Waals surface area contributed by atoms with Crippen molar-refractivity contribution >= 4 is 23.3 Å². The third kappa shape index (κ3) is 8.44. The Morgan fingerprint density at radius 2 is 2.04 bits per heavy atom. The second kappa shape index (κ2) is 10.1. The molecule has 0 bridgehead atoms. The molecule has 0 amide bonds. The van der Waals surface area contributed by atoms with Crippen molar-refractivity contribution in [3.05, 3.63) is 28.8 Å². The highest BCUT2D eigenvalue weighted by molar-refractivity contribution is 6.32. The number of ether oxygens (including phenoxy) is 1. The van der Waals surface area contributed by atoms with Crippen LogP contribution in [0.5, 0.6) is 0 Å². The molecule has 0 aliphatic rings. The summed E-state index contributed by atoms with van der Waals surface area (Å²) in [5, 5.41) is 12.3. The van der Waals surface area contributed by atoms with Crippen molar-refractivity contribution in [3.63, 3.8) is 0 Å². The van der Waals surface area contributed by atoms with Gasteiger partial charge in [0, 0.05) is 18.3 Å². The maximum Gasteiger partial charge on any atom is 0.308 e. The number of anilines is 1. The van der Waals surface area contributed by atoms with Crippen LogP contribution in [0.15, 0.2) is 18.2 Å². The van der Waals surface area contributed by atoms with Gasteiger partial charge in [-0.3, -0.25) is 4.79 Å². The fourth-order valence-corrected chi connectivity index (χ4v) is 1.93. The first kappa shape index (κ1) is 21.2. The third-order valence-corrected chi connectivity index (χ3v) is 2.89. The predicted molar refractivity (Wildman–Crippen MR) is 94.4 cm³/mol. The highest BCUT2D eigenvalue weighted by Crippen LogP contribution is 2.21. The Morgan fingerprint density at radius 3 is 2.48 bits per heavy atom. The minimum absolute atomic E-state index is 0.158. The van der Waals surface area contributed by atoms with Crippen LogP contribution in [0.4, 0.5) is 5.69 Å². The molecule has 0 saturated heterocycles. The third-order valence-electron chi connectivity index (χ3n) is 2.58. The van der Waals surface area contributed by atoms with Gasteiger partial charge in [0.05, 0.1) is 17.0 Å². The number of rotatable bonds is 5. The van der Waals surface area contributed by atoms with E-state index in [0.717, 1.165) is 0 Å². The predicted octanol–water partition coefficient (Wildman–Crippen LogP) is 3.71. The average molecular weight is 340 g/mol. The first-order chi connectivity index (χ1) is 10.7. The van der Waals surface area contributed by atoms with E-state index in [4.69, 9.17) is 27.3 Å². The molecule has 1 rings (SSSR count). The fraction of sp³-hybridized carbons (Fsp3) is 0.529. The highest BCUT2D eigenvalue weighted by atomic mass is 35.5. The lowest BCUT2D eigenvalue weighted by atomic mass is 10.1. The van der Waals surface area contributed by atoms with Crippen molar-refractivity contribution in [3.8, 4) is 6.07 Å². The second-order valence-electron chi connectivity index (χ2n) is 5.67. The van der Waals surface area contributed by atoms with Crippen LogP contribution in [0.1, 0.15) is 46.6 Å². The number of hydrogen-bond acceptors (Lipinski definition) is 5. The molecule has 0 fully saturated rings. The molecule has 23 heavy (non-hydrogen) atoms. The van der Waals surface area contributed by atoms with Crippen LogP contribution in [0.25, 0.3) is 0 Å². The Bertz CT molecular complexity index is 548. The summed E-state index contributed by atoms with van der Waals surface area (Å²) in [6.45, 7) is 9.72. The molecular weight excluding hydrogens is 314 g/mol. The van der Waals surface area contributed by atoms with Gasteiger partial charge >= 0.3 is 5.97 Å². The van der Waals surface area contributed by atoms with E-state index in [1.807, 2.05) is 40.7 Å². The quantitative estimate of drug-likeness (QED) is 0.798. The summed E-state index contributed by atoms with van der Waals surface area (Å²) in [4.78, 5) is 11.8. The van der Waals surface area contributed by atoms with Crippen molar-refractivity contribution in [1.29, 1.82) is 5.26 Å². The van der Waals surface area contributed by atoms with E-state index in [-0.39, 0.29) is 25.0 Å². The Morgan fingerprint density at radius 1 is 1.43 bits per heavy atom. The minimum Gasteiger partial charge on any atom is -0.460 e. The zero-order valence-corrected chi connectivity index (χ0v) is 15.2. The molecule has 3 N–H and O–H groups in total. The van der Waals surface area contributed by atoms with Gasteiger partial charge < -0.3 is 15.8 Å². The summed E-state index contributed by atoms with van der Waals surface area (Å²) < 4.78 is 5.26. The first-order valence-electron chi connectivity index (χ1n) is 7.63.